The van der Waals surface area contributed by atoms with Crippen LogP contribution >= 0.6 is 0 Å². The van der Waals surface area contributed by atoms with E-state index in [1.165, 1.54) is 11.8 Å². The van der Waals surface area contributed by atoms with Crippen LogP contribution in [0.5, 0.6) is 0 Å². The van der Waals surface area contributed by atoms with Gasteiger partial charge in [-0.05, 0) is 27.7 Å². The van der Waals surface area contributed by atoms with E-state index in [4.69, 9.17) is 5.11 Å². The minimum Gasteiger partial charge on any atom is -0.479 e. The normalized spacial score (nSPS) is 30.3. The second-order valence-electron chi connectivity index (χ2n) is 4.16. The van der Waals surface area contributed by atoms with Gasteiger partial charge in [0.15, 0.2) is 5.54 Å². The average molecular weight is 200 g/mol. The Morgan fingerprint density at radius 3 is 2.21 bits per heavy atom. The number of urea groups is 1. The number of nitrogens with zero attached hydrogens (tertiary/aromatic N) is 1. The summed E-state index contributed by atoms with van der Waals surface area (Å²) in [5.74, 6) is -1.01. The van der Waals surface area contributed by atoms with Crippen LogP contribution in [0.3, 0.4) is 0 Å². The summed E-state index contributed by atoms with van der Waals surface area (Å²) in [5.41, 5.74) is -1.94. The van der Waals surface area contributed by atoms with Crippen molar-refractivity contribution in [1.82, 2.24) is 10.2 Å². The summed E-state index contributed by atoms with van der Waals surface area (Å²) in [5, 5.41) is 11.6. The molecule has 0 aliphatic carbocycles. The SMILES string of the molecule is CCN1C(=O)NC(C)(C(=O)O)C1(C)C. The van der Waals surface area contributed by atoms with E-state index in [0.29, 0.717) is 6.54 Å². The third-order valence-corrected chi connectivity index (χ3v) is 3.24. The van der Waals surface area contributed by atoms with Gasteiger partial charge in [-0.25, -0.2) is 9.59 Å². The molecular formula is C9H16N2O3. The summed E-state index contributed by atoms with van der Waals surface area (Å²) < 4.78 is 0. The van der Waals surface area contributed by atoms with Crippen molar-refractivity contribution < 1.29 is 14.7 Å². The Morgan fingerprint density at radius 1 is 1.50 bits per heavy atom. The summed E-state index contributed by atoms with van der Waals surface area (Å²) in [6.45, 7) is 7.37. The van der Waals surface area contributed by atoms with Crippen molar-refractivity contribution in [2.24, 2.45) is 0 Å². The minimum absolute atomic E-state index is 0.317. The predicted octanol–water partition coefficient (Wildman–Crippen LogP) is 0.653. The Hall–Kier alpha value is -1.26. The molecule has 0 spiro atoms. The van der Waals surface area contributed by atoms with Crippen LogP contribution in [0.25, 0.3) is 0 Å². The van der Waals surface area contributed by atoms with Crippen LogP contribution in [0.2, 0.25) is 0 Å². The first-order chi connectivity index (χ1) is 6.27. The molecule has 0 aromatic carbocycles. The first-order valence-corrected chi connectivity index (χ1v) is 4.60. The molecule has 1 heterocycles. The lowest BCUT2D eigenvalue weighted by Gasteiger charge is -2.37. The van der Waals surface area contributed by atoms with Crippen LogP contribution in [-0.2, 0) is 4.79 Å². The molecule has 2 amide bonds. The number of carboxylic acids is 1. The molecule has 14 heavy (non-hydrogen) atoms. The smallest absolute Gasteiger partial charge is 0.331 e. The van der Waals surface area contributed by atoms with E-state index < -0.39 is 17.0 Å². The van der Waals surface area contributed by atoms with Gasteiger partial charge in [0.25, 0.3) is 0 Å². The molecule has 5 heteroatoms. The van der Waals surface area contributed by atoms with Crippen LogP contribution in [0.15, 0.2) is 0 Å². The number of hydrogen-bond acceptors (Lipinski definition) is 2. The second kappa shape index (κ2) is 2.87. The molecule has 80 valence electrons. The fourth-order valence-electron chi connectivity index (χ4n) is 1.81. The number of carbonyl (C=O) groups excluding carboxylic acids is 1. The summed E-state index contributed by atoms with van der Waals surface area (Å²) in [6, 6.07) is -0.317. The standard InChI is InChI=1S/C9H16N2O3/c1-5-11-7(14)10-9(4,6(12)13)8(11,2)3/h5H2,1-4H3,(H,10,14)(H,12,13). The first-order valence-electron chi connectivity index (χ1n) is 4.60. The highest BCUT2D eigenvalue weighted by molar-refractivity contribution is 5.92. The number of nitrogens with one attached hydrogen (secondary N) is 1. The third kappa shape index (κ3) is 1.08. The van der Waals surface area contributed by atoms with Crippen molar-refractivity contribution in [1.29, 1.82) is 0 Å². The van der Waals surface area contributed by atoms with Gasteiger partial charge >= 0.3 is 12.0 Å². The lowest BCUT2D eigenvalue weighted by Crippen LogP contribution is -2.60. The Kier molecular flexibility index (Phi) is 2.21. The summed E-state index contributed by atoms with van der Waals surface area (Å²) in [6.07, 6.45) is 0. The molecule has 1 aliphatic heterocycles. The van der Waals surface area contributed by atoms with Crippen LogP contribution < -0.4 is 5.32 Å². The number of aliphatic carboxylic acids is 1. The lowest BCUT2D eigenvalue weighted by molar-refractivity contribution is -0.146. The molecule has 1 rings (SSSR count). The summed E-state index contributed by atoms with van der Waals surface area (Å²) >= 11 is 0. The van der Waals surface area contributed by atoms with Gasteiger partial charge in [-0.15, -0.1) is 0 Å². The van der Waals surface area contributed by atoms with Crippen molar-refractivity contribution in [2.45, 2.75) is 38.8 Å². The number of amides is 2. The van der Waals surface area contributed by atoms with Gasteiger partial charge in [0, 0.05) is 6.54 Å². The third-order valence-electron chi connectivity index (χ3n) is 3.24. The zero-order chi connectivity index (χ0) is 11.1. The molecule has 0 bridgehead atoms. The predicted molar refractivity (Wildman–Crippen MR) is 51.0 cm³/mol. The van der Waals surface area contributed by atoms with Crippen molar-refractivity contribution in [3.05, 3.63) is 0 Å². The molecule has 1 aliphatic rings. The topological polar surface area (TPSA) is 69.6 Å². The van der Waals surface area contributed by atoms with Gasteiger partial charge < -0.3 is 15.3 Å². The molecule has 0 radical (unpaired) electrons. The average Bonchev–Trinajstić information content (AvgIpc) is 2.20. The van der Waals surface area contributed by atoms with Crippen molar-refractivity contribution in [2.75, 3.05) is 6.54 Å². The van der Waals surface area contributed by atoms with Crippen molar-refractivity contribution in [3.8, 4) is 0 Å². The van der Waals surface area contributed by atoms with Gasteiger partial charge in [-0.2, -0.15) is 0 Å². The molecule has 5 nitrogen and oxygen atoms in total. The molecular weight excluding hydrogens is 184 g/mol. The quantitative estimate of drug-likeness (QED) is 0.687. The summed E-state index contributed by atoms with van der Waals surface area (Å²) in [4.78, 5) is 24.1. The van der Waals surface area contributed by atoms with E-state index in [1.54, 1.807) is 13.8 Å². The van der Waals surface area contributed by atoms with Crippen LogP contribution in [0, 0.1) is 0 Å². The molecule has 1 atom stereocenters. The lowest BCUT2D eigenvalue weighted by atomic mass is 9.82. The Labute approximate surface area is 83.1 Å². The van der Waals surface area contributed by atoms with Crippen LogP contribution in [-0.4, -0.2) is 39.6 Å². The van der Waals surface area contributed by atoms with Crippen molar-refractivity contribution >= 4 is 12.0 Å². The Bertz CT molecular complexity index is 288. The zero-order valence-electron chi connectivity index (χ0n) is 8.92. The van der Waals surface area contributed by atoms with E-state index in [-0.39, 0.29) is 6.03 Å². The highest BCUT2D eigenvalue weighted by Crippen LogP contribution is 2.34. The van der Waals surface area contributed by atoms with Crippen LogP contribution in [0.1, 0.15) is 27.7 Å². The fraction of sp³-hybridized carbons (Fsp3) is 0.778. The molecule has 1 fully saturated rings. The van der Waals surface area contributed by atoms with E-state index in [0.717, 1.165) is 0 Å². The van der Waals surface area contributed by atoms with Gasteiger partial charge in [0.05, 0.1) is 5.54 Å². The molecule has 2 N–H and O–H groups in total. The van der Waals surface area contributed by atoms with Gasteiger partial charge in [0.2, 0.25) is 0 Å². The highest BCUT2D eigenvalue weighted by Gasteiger charge is 2.58. The van der Waals surface area contributed by atoms with Crippen molar-refractivity contribution in [3.63, 3.8) is 0 Å². The zero-order valence-corrected chi connectivity index (χ0v) is 8.92. The van der Waals surface area contributed by atoms with E-state index in [2.05, 4.69) is 5.32 Å². The highest BCUT2D eigenvalue weighted by atomic mass is 16.4. The second-order valence-corrected chi connectivity index (χ2v) is 4.16. The molecule has 1 unspecified atom stereocenters. The molecule has 1 saturated heterocycles. The van der Waals surface area contributed by atoms with E-state index in [1.807, 2.05) is 6.92 Å². The fourth-order valence-corrected chi connectivity index (χ4v) is 1.81. The number of carboxylic acid groups (broad SMARTS) is 1. The Morgan fingerprint density at radius 2 is 2.00 bits per heavy atom. The molecule has 0 saturated carbocycles. The number of rotatable bonds is 2. The maximum atomic E-state index is 11.5. The number of carbonyl (C=O) groups is 2. The van der Waals surface area contributed by atoms with Gasteiger partial charge in [-0.3, -0.25) is 0 Å². The largest absolute Gasteiger partial charge is 0.479 e. The number of hydrogen-bond donors (Lipinski definition) is 2. The first kappa shape index (κ1) is 10.8. The summed E-state index contributed by atoms with van der Waals surface area (Å²) in [7, 11) is 0. The minimum atomic E-state index is -1.22. The Balaban J connectivity index is 3.16. The monoisotopic (exact) mass is 200 g/mol. The molecule has 0 aromatic heterocycles. The van der Waals surface area contributed by atoms with E-state index in [9.17, 15) is 9.59 Å². The van der Waals surface area contributed by atoms with E-state index >= 15 is 0 Å². The van der Waals surface area contributed by atoms with Crippen LogP contribution in [0.4, 0.5) is 4.79 Å². The number of likely N-dealkylation sites (N-methyl/N-ethyl adjacent to an activating group) is 1. The van der Waals surface area contributed by atoms with Gasteiger partial charge in [-0.1, -0.05) is 0 Å². The molecule has 0 aromatic rings. The maximum Gasteiger partial charge on any atom is 0.331 e. The van der Waals surface area contributed by atoms with Gasteiger partial charge in [0.1, 0.15) is 0 Å². The maximum absolute atomic E-state index is 11.5.